The zero-order chi connectivity index (χ0) is 36.8. The molecule has 0 bridgehead atoms. The summed E-state index contributed by atoms with van der Waals surface area (Å²) in [5, 5.41) is 15.8. The minimum atomic E-state index is -4.22. The van der Waals surface area contributed by atoms with Crippen molar-refractivity contribution < 1.29 is 32.6 Å². The molecule has 1 aliphatic heterocycles. The lowest BCUT2D eigenvalue weighted by molar-refractivity contribution is -0.127. The molecule has 13 heteroatoms. The average Bonchev–Trinajstić information content (AvgIpc) is 3.23. The van der Waals surface area contributed by atoms with Gasteiger partial charge in [-0.25, -0.2) is 13.1 Å². The maximum Gasteiger partial charge on any atom is 0.264 e. The van der Waals surface area contributed by atoms with E-state index in [9.17, 15) is 27.9 Å². The molecule has 0 aliphatic carbocycles. The third-order valence-corrected chi connectivity index (χ3v) is 10.8. The number of aliphatic hydroxyl groups excluding tert-OH is 1. The summed E-state index contributed by atoms with van der Waals surface area (Å²) in [5.74, 6) is -0.346. The number of hydrogen-bond acceptors (Lipinski definition) is 9. The van der Waals surface area contributed by atoms with Gasteiger partial charge in [0.05, 0.1) is 30.3 Å². The Labute approximate surface area is 302 Å². The lowest BCUT2D eigenvalue weighted by Gasteiger charge is -2.29. The minimum Gasteiger partial charge on any atom is -0.497 e. The van der Waals surface area contributed by atoms with Crippen LogP contribution in [0.25, 0.3) is 11.1 Å². The van der Waals surface area contributed by atoms with E-state index in [0.717, 1.165) is 10.5 Å². The molecule has 0 aromatic heterocycles. The summed E-state index contributed by atoms with van der Waals surface area (Å²) in [7, 11) is -2.65. The molecule has 11 nitrogen and oxygen atoms in total. The van der Waals surface area contributed by atoms with Crippen molar-refractivity contribution in [3.63, 3.8) is 0 Å². The molecular formula is C38H42N4O7S2. The number of hydrogen-bond donors (Lipinski definition) is 4. The second-order valence-corrected chi connectivity index (χ2v) is 15.7. The lowest BCUT2D eigenvalue weighted by atomic mass is 9.99. The number of aliphatic hydroxyl groups is 1. The monoisotopic (exact) mass is 730 g/mol. The van der Waals surface area contributed by atoms with Gasteiger partial charge in [-0.2, -0.15) is 0 Å². The third-order valence-electron chi connectivity index (χ3n) is 8.29. The van der Waals surface area contributed by atoms with Crippen LogP contribution in [0.3, 0.4) is 0 Å². The third kappa shape index (κ3) is 9.56. The van der Waals surface area contributed by atoms with Gasteiger partial charge in [0.25, 0.3) is 21.8 Å². The molecule has 4 aromatic carbocycles. The standard InChI is InChI=1S/C38H42N4O7S2/c1-25(43)22-39-38(2,3)21-35(44)40-31-24-50-33-20-29(49-4)18-19-32(33)42(37(31)46)23-26-14-16-27(17-15-26)30-12-8-9-13-34(30)51(47,48)41-36(45)28-10-6-5-7-11-28/h5-20,25,31,39,43H,21-24H2,1-4H3,(H,40,44)(H,41,45)/t25-,31-/m1/s1. The van der Waals surface area contributed by atoms with Crippen LogP contribution in [0.2, 0.25) is 0 Å². The van der Waals surface area contributed by atoms with Gasteiger partial charge in [-0.15, -0.1) is 11.8 Å². The topological polar surface area (TPSA) is 154 Å². The van der Waals surface area contributed by atoms with Gasteiger partial charge in [0.1, 0.15) is 11.8 Å². The Morgan fingerprint density at radius 2 is 1.69 bits per heavy atom. The highest BCUT2D eigenvalue weighted by atomic mass is 32.2. The van der Waals surface area contributed by atoms with Gasteiger partial charge in [0, 0.05) is 40.3 Å². The van der Waals surface area contributed by atoms with Gasteiger partial charge in [-0.1, -0.05) is 60.7 Å². The molecule has 4 aromatic rings. The van der Waals surface area contributed by atoms with Crippen LogP contribution in [-0.2, 0) is 26.2 Å². The van der Waals surface area contributed by atoms with E-state index in [1.165, 1.54) is 30.0 Å². The Balaban J connectivity index is 1.38. The number of carbonyl (C=O) groups is 3. The zero-order valence-corrected chi connectivity index (χ0v) is 30.5. The van der Waals surface area contributed by atoms with Crippen molar-refractivity contribution in [1.82, 2.24) is 15.4 Å². The summed E-state index contributed by atoms with van der Waals surface area (Å²) >= 11 is 1.45. The van der Waals surface area contributed by atoms with Crippen molar-refractivity contribution in [2.24, 2.45) is 0 Å². The number of thioether (sulfide) groups is 1. The number of methoxy groups -OCH3 is 1. The van der Waals surface area contributed by atoms with Gasteiger partial charge < -0.3 is 25.4 Å². The minimum absolute atomic E-state index is 0.0486. The van der Waals surface area contributed by atoms with E-state index in [-0.39, 0.29) is 35.2 Å². The number of rotatable bonds is 13. The maximum atomic E-state index is 14.1. The molecule has 5 rings (SSSR count). The van der Waals surface area contributed by atoms with Gasteiger partial charge in [0.15, 0.2) is 0 Å². The Kier molecular flexibility index (Phi) is 11.9. The molecule has 0 fully saturated rings. The molecule has 0 saturated carbocycles. The number of carbonyl (C=O) groups excluding carboxylic acids is 3. The Hall–Kier alpha value is -4.69. The number of ether oxygens (including phenoxy) is 1. The molecule has 1 aliphatic rings. The van der Waals surface area contributed by atoms with Crippen LogP contribution in [0, 0.1) is 0 Å². The molecule has 268 valence electrons. The Morgan fingerprint density at radius 3 is 2.37 bits per heavy atom. The van der Waals surface area contributed by atoms with Gasteiger partial charge in [0.2, 0.25) is 5.91 Å². The molecule has 0 radical (unpaired) electrons. The highest BCUT2D eigenvalue weighted by Gasteiger charge is 2.33. The smallest absolute Gasteiger partial charge is 0.264 e. The molecular weight excluding hydrogens is 689 g/mol. The van der Waals surface area contributed by atoms with E-state index in [2.05, 4.69) is 15.4 Å². The summed E-state index contributed by atoms with van der Waals surface area (Å²) in [6, 6.07) is 26.4. The van der Waals surface area contributed by atoms with Crippen molar-refractivity contribution >= 4 is 45.2 Å². The normalized spacial score (nSPS) is 15.4. The fourth-order valence-electron chi connectivity index (χ4n) is 5.65. The molecule has 3 amide bonds. The quantitative estimate of drug-likeness (QED) is 0.153. The second-order valence-electron chi connectivity index (χ2n) is 13.0. The van der Waals surface area contributed by atoms with E-state index in [1.807, 2.05) is 38.1 Å². The van der Waals surface area contributed by atoms with E-state index in [4.69, 9.17) is 4.74 Å². The first-order valence-electron chi connectivity index (χ1n) is 16.4. The molecule has 51 heavy (non-hydrogen) atoms. The molecule has 1 heterocycles. The average molecular weight is 731 g/mol. The van der Waals surface area contributed by atoms with Crippen LogP contribution >= 0.6 is 11.8 Å². The van der Waals surface area contributed by atoms with Gasteiger partial charge >= 0.3 is 0 Å². The molecule has 0 unspecified atom stereocenters. The summed E-state index contributed by atoms with van der Waals surface area (Å²) < 4.78 is 34.4. The molecule has 4 N–H and O–H groups in total. The number of anilines is 1. The van der Waals surface area contributed by atoms with Crippen LogP contribution < -0.4 is 25.0 Å². The van der Waals surface area contributed by atoms with Gasteiger partial charge in [-0.05, 0) is 68.3 Å². The highest BCUT2D eigenvalue weighted by molar-refractivity contribution is 7.99. The Bertz CT molecular complexity index is 1990. The van der Waals surface area contributed by atoms with Crippen molar-refractivity contribution in [2.45, 2.75) is 61.2 Å². The lowest BCUT2D eigenvalue weighted by Crippen LogP contribution is -2.52. The zero-order valence-electron chi connectivity index (χ0n) is 28.9. The highest BCUT2D eigenvalue weighted by Crippen LogP contribution is 2.38. The Morgan fingerprint density at radius 1 is 1.00 bits per heavy atom. The summed E-state index contributed by atoms with van der Waals surface area (Å²) in [4.78, 5) is 42.5. The first-order chi connectivity index (χ1) is 24.3. The number of nitrogens with one attached hydrogen (secondary N) is 3. The maximum absolute atomic E-state index is 14.1. The number of amides is 3. The number of benzene rings is 4. The fourth-order valence-corrected chi connectivity index (χ4v) is 7.95. The first-order valence-corrected chi connectivity index (χ1v) is 18.9. The van der Waals surface area contributed by atoms with Crippen molar-refractivity contribution in [1.29, 1.82) is 0 Å². The van der Waals surface area contributed by atoms with Crippen LogP contribution in [-0.4, -0.2) is 68.3 Å². The summed E-state index contributed by atoms with van der Waals surface area (Å²) in [6.45, 7) is 5.91. The predicted molar refractivity (Wildman–Crippen MR) is 198 cm³/mol. The SMILES string of the molecule is COc1ccc2c(c1)SC[C@@H](NC(=O)CC(C)(C)NC[C@@H](C)O)C(=O)N2Cc1ccc(-c2ccccc2S(=O)(=O)NC(=O)c2ccccc2)cc1. The van der Waals surface area contributed by atoms with Crippen LogP contribution in [0.1, 0.15) is 43.1 Å². The summed E-state index contributed by atoms with van der Waals surface area (Å²) in [5.41, 5.74) is 2.07. The number of nitrogens with zero attached hydrogens (tertiary/aromatic N) is 1. The van der Waals surface area contributed by atoms with E-state index >= 15 is 0 Å². The van der Waals surface area contributed by atoms with Crippen molar-refractivity contribution in [3.05, 3.63) is 108 Å². The first kappa shape index (κ1) is 37.6. The molecule has 0 saturated heterocycles. The van der Waals surface area contributed by atoms with E-state index < -0.39 is 33.6 Å². The van der Waals surface area contributed by atoms with Crippen molar-refractivity contribution in [3.8, 4) is 16.9 Å². The molecule has 2 atom stereocenters. The van der Waals surface area contributed by atoms with Crippen LogP contribution in [0.15, 0.2) is 107 Å². The fraction of sp³-hybridized carbons (Fsp3) is 0.289. The largest absolute Gasteiger partial charge is 0.497 e. The second kappa shape index (κ2) is 16.1. The van der Waals surface area contributed by atoms with E-state index in [0.29, 0.717) is 34.9 Å². The predicted octanol–water partition coefficient (Wildman–Crippen LogP) is 4.74. The number of β-amino-alcohol motifs (C(OH)–C–C–N with tert-alkyl or cyclic N) is 1. The van der Waals surface area contributed by atoms with Crippen LogP contribution in [0.4, 0.5) is 5.69 Å². The van der Waals surface area contributed by atoms with E-state index in [1.54, 1.807) is 73.5 Å². The number of sulfonamides is 1. The van der Waals surface area contributed by atoms with Crippen molar-refractivity contribution in [2.75, 3.05) is 24.3 Å². The van der Waals surface area contributed by atoms with Gasteiger partial charge in [-0.3, -0.25) is 14.4 Å². The number of fused-ring (bicyclic) bond motifs is 1. The van der Waals surface area contributed by atoms with Crippen LogP contribution in [0.5, 0.6) is 5.75 Å². The molecule has 0 spiro atoms. The summed E-state index contributed by atoms with van der Waals surface area (Å²) in [6.07, 6.45) is -0.468.